The molecule has 3 aromatic rings. The van der Waals surface area contributed by atoms with Crippen LogP contribution in [0.5, 0.6) is 0 Å². The second-order valence-electron chi connectivity index (χ2n) is 6.50. The smallest absolute Gasteiger partial charge is 0.255 e. The molecule has 0 unspecified atom stereocenters. The first-order chi connectivity index (χ1) is 12.5. The molecule has 0 saturated carbocycles. The van der Waals surface area contributed by atoms with E-state index < -0.39 is 0 Å². The zero-order valence-electron chi connectivity index (χ0n) is 15.8. The lowest BCUT2D eigenvalue weighted by molar-refractivity contribution is 0.102. The van der Waals surface area contributed by atoms with Crippen molar-refractivity contribution in [2.45, 2.75) is 40.5 Å². The Balaban J connectivity index is 1.84. The van der Waals surface area contributed by atoms with Crippen LogP contribution < -0.4 is 5.32 Å². The molecule has 0 fully saturated rings. The molecule has 4 heteroatoms. The van der Waals surface area contributed by atoms with E-state index in [1.54, 1.807) is 0 Å². The van der Waals surface area contributed by atoms with Gasteiger partial charge in [-0.05, 0) is 68.1 Å². The van der Waals surface area contributed by atoms with Crippen molar-refractivity contribution in [2.24, 2.45) is 0 Å². The lowest BCUT2D eigenvalue weighted by atomic mass is 10.0. The number of aryl methyl sites for hydroxylation is 4. The monoisotopic (exact) mass is 347 g/mol. The molecule has 26 heavy (non-hydrogen) atoms. The van der Waals surface area contributed by atoms with Crippen molar-refractivity contribution in [3.05, 3.63) is 76.6 Å². The maximum atomic E-state index is 12.7. The highest BCUT2D eigenvalue weighted by atomic mass is 16.1. The quantitative estimate of drug-likeness (QED) is 0.716. The summed E-state index contributed by atoms with van der Waals surface area (Å²) in [5.74, 6) is -0.0829. The maximum absolute atomic E-state index is 12.7. The Hall–Kier alpha value is -2.88. The third-order valence-corrected chi connectivity index (χ3v) is 4.62. The number of carbonyl (C=O) groups excluding carboxylic acids is 1. The number of carbonyl (C=O) groups is 1. The number of nitrogens with one attached hydrogen (secondary N) is 1. The number of aromatic nitrogens is 2. The molecule has 3 rings (SSSR count). The van der Waals surface area contributed by atoms with Crippen molar-refractivity contribution in [3.63, 3.8) is 0 Å². The molecular formula is C22H25N3O. The van der Waals surface area contributed by atoms with Crippen molar-refractivity contribution >= 4 is 11.6 Å². The van der Waals surface area contributed by atoms with Crippen molar-refractivity contribution in [1.82, 2.24) is 9.78 Å². The minimum absolute atomic E-state index is 0.0829. The molecule has 1 amide bonds. The number of hydrogen-bond donors (Lipinski definition) is 1. The molecule has 0 saturated heterocycles. The SMILES string of the molecule is CCc1cccc(CC)c1NC(=O)c1ccc(-n2nc(C)cc2C)cc1. The standard InChI is InChI=1S/C22H25N3O/c1-5-17-8-7-9-18(6-2)21(17)23-22(26)19-10-12-20(13-11-19)25-16(4)14-15(3)24-25/h7-14H,5-6H2,1-4H3,(H,23,26). The Morgan fingerprint density at radius 3 is 2.12 bits per heavy atom. The Morgan fingerprint density at radius 2 is 1.62 bits per heavy atom. The van der Waals surface area contributed by atoms with Gasteiger partial charge in [0.05, 0.1) is 11.4 Å². The van der Waals surface area contributed by atoms with Crippen molar-refractivity contribution in [3.8, 4) is 5.69 Å². The second kappa shape index (κ2) is 7.56. The van der Waals surface area contributed by atoms with Gasteiger partial charge in [-0.25, -0.2) is 4.68 Å². The lowest BCUT2D eigenvalue weighted by Crippen LogP contribution is -2.15. The molecule has 0 aliphatic carbocycles. The van der Waals surface area contributed by atoms with E-state index in [4.69, 9.17) is 0 Å². The topological polar surface area (TPSA) is 46.9 Å². The molecule has 134 valence electrons. The number of benzene rings is 2. The summed E-state index contributed by atoms with van der Waals surface area (Å²) in [6, 6.07) is 15.8. The van der Waals surface area contributed by atoms with Gasteiger partial charge in [0.2, 0.25) is 0 Å². The van der Waals surface area contributed by atoms with Gasteiger partial charge in [0.25, 0.3) is 5.91 Å². The van der Waals surface area contributed by atoms with Gasteiger partial charge in [0.15, 0.2) is 0 Å². The molecule has 1 aromatic heterocycles. The third-order valence-electron chi connectivity index (χ3n) is 4.62. The number of amides is 1. The van der Waals surface area contributed by atoms with Crippen LogP contribution in [0.4, 0.5) is 5.69 Å². The summed E-state index contributed by atoms with van der Waals surface area (Å²) < 4.78 is 1.89. The zero-order chi connectivity index (χ0) is 18.7. The molecule has 0 aliphatic rings. The average molecular weight is 347 g/mol. The first-order valence-corrected chi connectivity index (χ1v) is 9.09. The molecule has 0 aliphatic heterocycles. The first-order valence-electron chi connectivity index (χ1n) is 9.09. The van der Waals surface area contributed by atoms with Crippen LogP contribution in [0.1, 0.15) is 46.7 Å². The predicted octanol–water partition coefficient (Wildman–Crippen LogP) is 4.87. The first kappa shape index (κ1) is 17.9. The van der Waals surface area contributed by atoms with Crippen LogP contribution in [0.15, 0.2) is 48.5 Å². The minimum atomic E-state index is -0.0829. The second-order valence-corrected chi connectivity index (χ2v) is 6.50. The van der Waals surface area contributed by atoms with Crippen LogP contribution in [-0.4, -0.2) is 15.7 Å². The van der Waals surface area contributed by atoms with E-state index in [0.717, 1.165) is 46.7 Å². The Morgan fingerprint density at radius 1 is 1.00 bits per heavy atom. The number of anilines is 1. The van der Waals surface area contributed by atoms with Gasteiger partial charge in [-0.3, -0.25) is 4.79 Å². The largest absolute Gasteiger partial charge is 0.321 e. The Kier molecular flexibility index (Phi) is 5.21. The van der Waals surface area contributed by atoms with Crippen molar-refractivity contribution < 1.29 is 4.79 Å². The van der Waals surface area contributed by atoms with Gasteiger partial charge in [-0.2, -0.15) is 5.10 Å². The summed E-state index contributed by atoms with van der Waals surface area (Å²) in [5, 5.41) is 7.59. The summed E-state index contributed by atoms with van der Waals surface area (Å²) >= 11 is 0. The van der Waals surface area contributed by atoms with E-state index in [-0.39, 0.29) is 5.91 Å². The molecule has 0 bridgehead atoms. The molecule has 4 nitrogen and oxygen atoms in total. The van der Waals surface area contributed by atoms with Gasteiger partial charge in [0.1, 0.15) is 0 Å². The number of hydrogen-bond acceptors (Lipinski definition) is 2. The van der Waals surface area contributed by atoms with Crippen molar-refractivity contribution in [2.75, 3.05) is 5.32 Å². The number of rotatable bonds is 5. The predicted molar refractivity (Wildman–Crippen MR) is 106 cm³/mol. The van der Waals surface area contributed by atoms with Crippen LogP contribution in [0.3, 0.4) is 0 Å². The fraction of sp³-hybridized carbons (Fsp3) is 0.273. The van der Waals surface area contributed by atoms with Crippen molar-refractivity contribution in [1.29, 1.82) is 0 Å². The van der Waals surface area contributed by atoms with Gasteiger partial charge < -0.3 is 5.32 Å². The molecular weight excluding hydrogens is 322 g/mol. The van der Waals surface area contributed by atoms with Crippen LogP contribution in [0.25, 0.3) is 5.69 Å². The van der Waals surface area contributed by atoms with E-state index in [9.17, 15) is 4.79 Å². The van der Waals surface area contributed by atoms with E-state index in [2.05, 4.69) is 42.5 Å². The summed E-state index contributed by atoms with van der Waals surface area (Å²) in [4.78, 5) is 12.7. The molecule has 1 N–H and O–H groups in total. The average Bonchev–Trinajstić information content (AvgIpc) is 3.00. The third kappa shape index (κ3) is 3.54. The molecule has 0 radical (unpaired) electrons. The normalized spacial score (nSPS) is 10.8. The highest BCUT2D eigenvalue weighted by molar-refractivity contribution is 6.05. The van der Waals surface area contributed by atoms with Gasteiger partial charge in [0, 0.05) is 16.9 Å². The molecule has 2 aromatic carbocycles. The Labute approximate surface area is 154 Å². The van der Waals surface area contributed by atoms with Crippen LogP contribution in [-0.2, 0) is 12.8 Å². The van der Waals surface area contributed by atoms with E-state index in [1.807, 2.05) is 48.9 Å². The Bertz CT molecular complexity index is 901. The highest BCUT2D eigenvalue weighted by Crippen LogP contribution is 2.23. The molecule has 1 heterocycles. The van der Waals surface area contributed by atoms with Gasteiger partial charge in [-0.15, -0.1) is 0 Å². The number of nitrogens with zero attached hydrogens (tertiary/aromatic N) is 2. The minimum Gasteiger partial charge on any atom is -0.321 e. The summed E-state index contributed by atoms with van der Waals surface area (Å²) in [6.07, 6.45) is 1.78. The van der Waals surface area contributed by atoms with E-state index in [1.165, 1.54) is 0 Å². The fourth-order valence-corrected chi connectivity index (χ4v) is 3.23. The van der Waals surface area contributed by atoms with Crippen LogP contribution in [0, 0.1) is 13.8 Å². The van der Waals surface area contributed by atoms with Gasteiger partial charge >= 0.3 is 0 Å². The summed E-state index contributed by atoms with van der Waals surface area (Å²) in [6.45, 7) is 8.21. The fourth-order valence-electron chi connectivity index (χ4n) is 3.23. The molecule has 0 atom stereocenters. The van der Waals surface area contributed by atoms with Gasteiger partial charge in [-0.1, -0.05) is 32.0 Å². The van der Waals surface area contributed by atoms with E-state index >= 15 is 0 Å². The zero-order valence-corrected chi connectivity index (χ0v) is 15.8. The van der Waals surface area contributed by atoms with Crippen LogP contribution >= 0.6 is 0 Å². The summed E-state index contributed by atoms with van der Waals surface area (Å²) in [7, 11) is 0. The van der Waals surface area contributed by atoms with E-state index in [0.29, 0.717) is 5.56 Å². The molecule has 0 spiro atoms. The lowest BCUT2D eigenvalue weighted by Gasteiger charge is -2.14. The maximum Gasteiger partial charge on any atom is 0.255 e. The highest BCUT2D eigenvalue weighted by Gasteiger charge is 2.12. The number of para-hydroxylation sites is 1. The van der Waals surface area contributed by atoms with Crippen LogP contribution in [0.2, 0.25) is 0 Å². The summed E-state index contributed by atoms with van der Waals surface area (Å²) in [5.41, 5.74) is 6.93.